The zero-order chi connectivity index (χ0) is 15.2. The van der Waals surface area contributed by atoms with Gasteiger partial charge in [-0.25, -0.2) is 0 Å². The first-order valence-corrected chi connectivity index (χ1v) is 8.23. The van der Waals surface area contributed by atoms with Gasteiger partial charge in [-0.3, -0.25) is 4.98 Å². The van der Waals surface area contributed by atoms with E-state index >= 15 is 0 Å². The Bertz CT molecular complexity index is 411. The van der Waals surface area contributed by atoms with Gasteiger partial charge in [0.2, 0.25) is 0 Å². The third-order valence-electron chi connectivity index (χ3n) is 3.96. The Balaban J connectivity index is 2.03. The van der Waals surface area contributed by atoms with Crippen LogP contribution in [0.5, 0.6) is 0 Å². The van der Waals surface area contributed by atoms with Crippen molar-refractivity contribution in [1.29, 1.82) is 0 Å². The van der Waals surface area contributed by atoms with Crippen molar-refractivity contribution in [3.63, 3.8) is 0 Å². The van der Waals surface area contributed by atoms with E-state index in [1.54, 1.807) is 0 Å². The molecule has 1 aromatic heterocycles. The number of hydrogen-bond donors (Lipinski definition) is 1. The number of ether oxygens (including phenoxy) is 1. The zero-order valence-electron chi connectivity index (χ0n) is 13.8. The maximum atomic E-state index is 5.79. The van der Waals surface area contributed by atoms with Crippen LogP contribution in [0.25, 0.3) is 0 Å². The predicted octanol–water partition coefficient (Wildman–Crippen LogP) is 3.15. The van der Waals surface area contributed by atoms with Crippen molar-refractivity contribution >= 4 is 5.69 Å². The van der Waals surface area contributed by atoms with E-state index < -0.39 is 0 Å². The monoisotopic (exact) mass is 291 g/mol. The van der Waals surface area contributed by atoms with Crippen LogP contribution in [-0.4, -0.2) is 36.8 Å². The average Bonchev–Trinajstić information content (AvgIpc) is 2.47. The predicted molar refractivity (Wildman–Crippen MR) is 87.8 cm³/mol. The van der Waals surface area contributed by atoms with Crippen LogP contribution in [0.2, 0.25) is 0 Å². The van der Waals surface area contributed by atoms with Gasteiger partial charge >= 0.3 is 0 Å². The van der Waals surface area contributed by atoms with Gasteiger partial charge < -0.3 is 15.0 Å². The van der Waals surface area contributed by atoms with Gasteiger partial charge in [-0.2, -0.15) is 0 Å². The normalized spacial score (nSPS) is 24.1. The second-order valence-electron chi connectivity index (χ2n) is 6.02. The maximum Gasteiger partial charge on any atom is 0.0726 e. The van der Waals surface area contributed by atoms with E-state index in [0.717, 1.165) is 38.2 Å². The lowest BCUT2D eigenvalue weighted by Crippen LogP contribution is -2.45. The van der Waals surface area contributed by atoms with Crippen molar-refractivity contribution in [2.45, 2.75) is 58.8 Å². The summed E-state index contributed by atoms with van der Waals surface area (Å²) in [5.41, 5.74) is 2.34. The minimum Gasteiger partial charge on any atom is -0.372 e. The van der Waals surface area contributed by atoms with Crippen molar-refractivity contribution < 1.29 is 4.74 Å². The van der Waals surface area contributed by atoms with Crippen molar-refractivity contribution in [3.05, 3.63) is 24.0 Å². The van der Waals surface area contributed by atoms with E-state index in [0.29, 0.717) is 6.04 Å². The van der Waals surface area contributed by atoms with Gasteiger partial charge in [0.05, 0.1) is 29.8 Å². The summed E-state index contributed by atoms with van der Waals surface area (Å²) in [5, 5.41) is 3.55. The number of pyridine rings is 1. The molecule has 0 saturated carbocycles. The third kappa shape index (κ3) is 4.42. The molecule has 2 rings (SSSR count). The Labute approximate surface area is 128 Å². The molecule has 1 unspecified atom stereocenters. The third-order valence-corrected chi connectivity index (χ3v) is 3.96. The SMILES string of the molecule is CCCNC(CC)c1ccc(N2C[C@@H](C)O[C@@H](C)C2)cn1. The van der Waals surface area contributed by atoms with E-state index in [9.17, 15) is 0 Å². The molecule has 0 aliphatic carbocycles. The smallest absolute Gasteiger partial charge is 0.0726 e. The van der Waals surface area contributed by atoms with Crippen LogP contribution in [0.15, 0.2) is 18.3 Å². The van der Waals surface area contributed by atoms with Gasteiger partial charge in [0, 0.05) is 19.1 Å². The molecule has 0 spiro atoms. The summed E-state index contributed by atoms with van der Waals surface area (Å²) in [7, 11) is 0. The fourth-order valence-electron chi connectivity index (χ4n) is 2.96. The first-order valence-electron chi connectivity index (χ1n) is 8.23. The number of hydrogen-bond acceptors (Lipinski definition) is 4. The number of aromatic nitrogens is 1. The van der Waals surface area contributed by atoms with Gasteiger partial charge in [0.25, 0.3) is 0 Å². The fourth-order valence-corrected chi connectivity index (χ4v) is 2.96. The number of nitrogens with zero attached hydrogens (tertiary/aromatic N) is 2. The van der Waals surface area contributed by atoms with Crippen molar-refractivity contribution in [3.8, 4) is 0 Å². The molecule has 118 valence electrons. The lowest BCUT2D eigenvalue weighted by molar-refractivity contribution is -0.00523. The molecule has 4 nitrogen and oxygen atoms in total. The van der Waals surface area contributed by atoms with E-state index in [1.165, 1.54) is 5.69 Å². The summed E-state index contributed by atoms with van der Waals surface area (Å²) in [6.45, 7) is 11.6. The molecule has 3 atom stereocenters. The van der Waals surface area contributed by atoms with Crippen molar-refractivity contribution in [1.82, 2.24) is 10.3 Å². The summed E-state index contributed by atoms with van der Waals surface area (Å²) in [6, 6.07) is 4.72. The highest BCUT2D eigenvalue weighted by Gasteiger charge is 2.22. The maximum absolute atomic E-state index is 5.79. The lowest BCUT2D eigenvalue weighted by Gasteiger charge is -2.36. The minimum absolute atomic E-state index is 0.281. The van der Waals surface area contributed by atoms with Crippen LogP contribution in [0, 0.1) is 0 Å². The number of rotatable bonds is 6. The summed E-state index contributed by atoms with van der Waals surface area (Å²) in [6.07, 6.45) is 4.79. The molecule has 0 aromatic carbocycles. The van der Waals surface area contributed by atoms with Gasteiger partial charge in [0.1, 0.15) is 0 Å². The molecule has 1 aliphatic heterocycles. The van der Waals surface area contributed by atoms with Gasteiger partial charge in [-0.05, 0) is 45.4 Å². The average molecular weight is 291 g/mol. The van der Waals surface area contributed by atoms with Crippen molar-refractivity contribution in [2.24, 2.45) is 0 Å². The fraction of sp³-hybridized carbons (Fsp3) is 0.706. The molecule has 1 aromatic rings. The number of anilines is 1. The second kappa shape index (κ2) is 7.76. The molecule has 1 fully saturated rings. The van der Waals surface area contributed by atoms with Gasteiger partial charge in [0.15, 0.2) is 0 Å². The van der Waals surface area contributed by atoms with Crippen LogP contribution in [0.3, 0.4) is 0 Å². The lowest BCUT2D eigenvalue weighted by atomic mass is 10.1. The molecule has 1 aliphatic rings. The van der Waals surface area contributed by atoms with E-state index in [2.05, 4.69) is 55.0 Å². The summed E-state index contributed by atoms with van der Waals surface area (Å²) < 4.78 is 5.79. The van der Waals surface area contributed by atoms with Crippen molar-refractivity contribution in [2.75, 3.05) is 24.5 Å². The Hall–Kier alpha value is -1.13. The Morgan fingerprint density at radius 2 is 2.00 bits per heavy atom. The van der Waals surface area contributed by atoms with Crippen LogP contribution in [0.4, 0.5) is 5.69 Å². The molecule has 0 bridgehead atoms. The molecule has 1 saturated heterocycles. The molecular weight excluding hydrogens is 262 g/mol. The van der Waals surface area contributed by atoms with E-state index in [1.807, 2.05) is 6.20 Å². The van der Waals surface area contributed by atoms with Crippen LogP contribution in [0.1, 0.15) is 52.3 Å². The topological polar surface area (TPSA) is 37.4 Å². The molecular formula is C17H29N3O. The highest BCUT2D eigenvalue weighted by molar-refractivity contribution is 5.45. The quantitative estimate of drug-likeness (QED) is 0.873. The largest absolute Gasteiger partial charge is 0.372 e. The van der Waals surface area contributed by atoms with Crippen LogP contribution < -0.4 is 10.2 Å². The molecule has 4 heteroatoms. The van der Waals surface area contributed by atoms with Crippen LogP contribution in [-0.2, 0) is 4.74 Å². The molecule has 0 amide bonds. The molecule has 0 radical (unpaired) electrons. The van der Waals surface area contributed by atoms with Crippen LogP contribution >= 0.6 is 0 Å². The number of nitrogens with one attached hydrogen (secondary N) is 1. The highest BCUT2D eigenvalue weighted by Crippen LogP contribution is 2.22. The Morgan fingerprint density at radius 3 is 2.52 bits per heavy atom. The Kier molecular flexibility index (Phi) is 6.00. The minimum atomic E-state index is 0.281. The molecule has 1 N–H and O–H groups in total. The van der Waals surface area contributed by atoms with E-state index in [4.69, 9.17) is 4.74 Å². The highest BCUT2D eigenvalue weighted by atomic mass is 16.5. The van der Waals surface area contributed by atoms with Gasteiger partial charge in [-0.15, -0.1) is 0 Å². The zero-order valence-corrected chi connectivity index (χ0v) is 13.8. The standard InChI is InChI=1S/C17H29N3O/c1-5-9-18-16(6-2)17-8-7-15(10-19-17)20-11-13(3)21-14(4)12-20/h7-8,10,13-14,16,18H,5-6,9,11-12H2,1-4H3/t13-,14+,16?. The second-order valence-corrected chi connectivity index (χ2v) is 6.02. The summed E-state index contributed by atoms with van der Waals surface area (Å²) >= 11 is 0. The molecule has 21 heavy (non-hydrogen) atoms. The summed E-state index contributed by atoms with van der Waals surface area (Å²) in [4.78, 5) is 7.05. The summed E-state index contributed by atoms with van der Waals surface area (Å²) in [5.74, 6) is 0. The Morgan fingerprint density at radius 1 is 1.29 bits per heavy atom. The molecule has 2 heterocycles. The first-order chi connectivity index (χ1) is 10.1. The first kappa shape index (κ1) is 16.2. The number of morpholine rings is 1. The van der Waals surface area contributed by atoms with E-state index in [-0.39, 0.29) is 12.2 Å². The van der Waals surface area contributed by atoms with Gasteiger partial charge in [-0.1, -0.05) is 13.8 Å².